The summed E-state index contributed by atoms with van der Waals surface area (Å²) < 4.78 is 24.2. The van der Waals surface area contributed by atoms with Crippen LogP contribution in [0.25, 0.3) is 10.9 Å². The monoisotopic (exact) mass is 295 g/mol. The first kappa shape index (κ1) is 14.4. The molecule has 0 aliphatic rings. The third-order valence-corrected chi connectivity index (χ3v) is 4.12. The van der Waals surface area contributed by atoms with Crippen LogP contribution in [0.3, 0.4) is 0 Å². The Bertz CT molecular complexity index is 747. The summed E-state index contributed by atoms with van der Waals surface area (Å²) in [4.78, 5) is 0. The molecule has 0 bridgehead atoms. The molecule has 0 radical (unpaired) electrons. The standard InChI is InChI=1S/C13H17N3O3S/c1-20(18,19)8-2-6-16-7-5-10-9-11(13(14)15-17)3-4-12(10)16/h3-5,7,9,17H,2,6,8H2,1H3,(H2,14,15). The summed E-state index contributed by atoms with van der Waals surface area (Å²) in [5.74, 6) is 0.242. The lowest BCUT2D eigenvalue weighted by Gasteiger charge is -2.05. The van der Waals surface area contributed by atoms with Crippen molar-refractivity contribution in [2.45, 2.75) is 13.0 Å². The normalized spacial score (nSPS) is 12.9. The summed E-state index contributed by atoms with van der Waals surface area (Å²) in [6.45, 7) is 0.638. The molecule has 0 atom stereocenters. The van der Waals surface area contributed by atoms with Crippen molar-refractivity contribution in [3.8, 4) is 0 Å². The summed E-state index contributed by atoms with van der Waals surface area (Å²) in [6, 6.07) is 7.40. The van der Waals surface area contributed by atoms with Gasteiger partial charge in [-0.2, -0.15) is 0 Å². The fourth-order valence-electron chi connectivity index (χ4n) is 2.11. The third-order valence-electron chi connectivity index (χ3n) is 3.09. The number of nitrogens with zero attached hydrogens (tertiary/aromatic N) is 2. The fourth-order valence-corrected chi connectivity index (χ4v) is 2.76. The van der Waals surface area contributed by atoms with Crippen LogP contribution in [0, 0.1) is 0 Å². The molecule has 1 aromatic carbocycles. The van der Waals surface area contributed by atoms with Crippen molar-refractivity contribution < 1.29 is 13.6 Å². The van der Waals surface area contributed by atoms with Crippen molar-refractivity contribution >= 4 is 26.6 Å². The van der Waals surface area contributed by atoms with Gasteiger partial charge in [0, 0.05) is 35.5 Å². The molecule has 7 heteroatoms. The molecule has 0 spiro atoms. The summed E-state index contributed by atoms with van der Waals surface area (Å²) >= 11 is 0. The number of sulfone groups is 1. The number of fused-ring (bicyclic) bond motifs is 1. The van der Waals surface area contributed by atoms with E-state index in [-0.39, 0.29) is 11.6 Å². The Morgan fingerprint density at radius 3 is 2.80 bits per heavy atom. The highest BCUT2D eigenvalue weighted by molar-refractivity contribution is 7.90. The van der Waals surface area contributed by atoms with Crippen molar-refractivity contribution in [2.24, 2.45) is 10.9 Å². The first-order valence-corrected chi connectivity index (χ1v) is 8.21. The molecule has 1 aromatic heterocycles. The summed E-state index contributed by atoms with van der Waals surface area (Å²) in [7, 11) is -2.93. The van der Waals surface area contributed by atoms with Crippen molar-refractivity contribution in [1.29, 1.82) is 0 Å². The summed E-state index contributed by atoms with van der Waals surface area (Å²) in [5.41, 5.74) is 7.19. The van der Waals surface area contributed by atoms with Gasteiger partial charge in [-0.1, -0.05) is 5.16 Å². The first-order chi connectivity index (χ1) is 9.40. The van der Waals surface area contributed by atoms with Crippen molar-refractivity contribution in [3.63, 3.8) is 0 Å². The number of nitrogens with two attached hydrogens (primary N) is 1. The lowest BCUT2D eigenvalue weighted by molar-refractivity contribution is 0.318. The van der Waals surface area contributed by atoms with E-state index >= 15 is 0 Å². The Labute approximate surface area is 117 Å². The molecule has 0 amide bonds. The highest BCUT2D eigenvalue weighted by atomic mass is 32.2. The second-order valence-corrected chi connectivity index (χ2v) is 7.01. The number of hydrogen-bond donors (Lipinski definition) is 2. The van der Waals surface area contributed by atoms with E-state index in [0.29, 0.717) is 18.5 Å². The van der Waals surface area contributed by atoms with Gasteiger partial charge in [-0.05, 0) is 30.7 Å². The van der Waals surface area contributed by atoms with Gasteiger partial charge in [-0.15, -0.1) is 0 Å². The zero-order valence-corrected chi connectivity index (χ0v) is 12.0. The Balaban J connectivity index is 2.20. The number of benzene rings is 1. The Morgan fingerprint density at radius 2 is 2.15 bits per heavy atom. The van der Waals surface area contributed by atoms with E-state index in [1.54, 1.807) is 6.07 Å². The van der Waals surface area contributed by atoms with E-state index in [9.17, 15) is 8.42 Å². The molecule has 2 rings (SSSR count). The van der Waals surface area contributed by atoms with Crippen molar-refractivity contribution in [3.05, 3.63) is 36.0 Å². The SMILES string of the molecule is CS(=O)(=O)CCCn1ccc2cc(/C(N)=N/O)ccc21. The van der Waals surface area contributed by atoms with E-state index in [2.05, 4.69) is 5.16 Å². The third kappa shape index (κ3) is 3.30. The smallest absolute Gasteiger partial charge is 0.170 e. The van der Waals surface area contributed by atoms with E-state index in [4.69, 9.17) is 10.9 Å². The summed E-state index contributed by atoms with van der Waals surface area (Å²) in [5, 5.41) is 12.6. The molecule has 0 saturated heterocycles. The molecule has 20 heavy (non-hydrogen) atoms. The van der Waals surface area contributed by atoms with Crippen LogP contribution < -0.4 is 5.73 Å². The number of oxime groups is 1. The Morgan fingerprint density at radius 1 is 1.40 bits per heavy atom. The molecule has 0 fully saturated rings. The Hall–Kier alpha value is -2.02. The topological polar surface area (TPSA) is 97.7 Å². The zero-order chi connectivity index (χ0) is 14.8. The maximum absolute atomic E-state index is 11.1. The quantitative estimate of drug-likeness (QED) is 0.374. The minimum atomic E-state index is -2.93. The number of amidine groups is 1. The average molecular weight is 295 g/mol. The van der Waals surface area contributed by atoms with Gasteiger partial charge in [0.05, 0.1) is 5.75 Å². The zero-order valence-electron chi connectivity index (χ0n) is 11.2. The van der Waals surface area contributed by atoms with Gasteiger partial charge in [-0.3, -0.25) is 0 Å². The van der Waals surface area contributed by atoms with Crippen LogP contribution in [0.15, 0.2) is 35.6 Å². The molecule has 3 N–H and O–H groups in total. The molecular formula is C13H17N3O3S. The maximum Gasteiger partial charge on any atom is 0.170 e. The molecule has 108 valence electrons. The molecule has 6 nitrogen and oxygen atoms in total. The molecule has 0 aliphatic carbocycles. The van der Waals surface area contributed by atoms with Crippen LogP contribution in [0.4, 0.5) is 0 Å². The molecule has 0 aliphatic heterocycles. The van der Waals surface area contributed by atoms with Gasteiger partial charge in [0.15, 0.2) is 5.84 Å². The van der Waals surface area contributed by atoms with Crippen LogP contribution in [-0.4, -0.2) is 36.0 Å². The lowest BCUT2D eigenvalue weighted by atomic mass is 10.1. The number of hydrogen-bond acceptors (Lipinski definition) is 4. The summed E-state index contributed by atoms with van der Waals surface area (Å²) in [6.07, 6.45) is 3.72. The van der Waals surface area contributed by atoms with Crippen LogP contribution in [0.2, 0.25) is 0 Å². The lowest BCUT2D eigenvalue weighted by Crippen LogP contribution is -2.12. The highest BCUT2D eigenvalue weighted by Gasteiger charge is 2.06. The highest BCUT2D eigenvalue weighted by Crippen LogP contribution is 2.18. The Kier molecular flexibility index (Phi) is 3.99. The minimum Gasteiger partial charge on any atom is -0.409 e. The van der Waals surface area contributed by atoms with Crippen LogP contribution >= 0.6 is 0 Å². The van der Waals surface area contributed by atoms with Gasteiger partial charge < -0.3 is 15.5 Å². The maximum atomic E-state index is 11.1. The molecule has 1 heterocycles. The van der Waals surface area contributed by atoms with Crippen molar-refractivity contribution in [1.82, 2.24) is 4.57 Å². The van der Waals surface area contributed by atoms with Gasteiger partial charge in [0.2, 0.25) is 0 Å². The minimum absolute atomic E-state index is 0.0664. The van der Waals surface area contributed by atoms with Gasteiger partial charge in [-0.25, -0.2) is 8.42 Å². The predicted molar refractivity (Wildman–Crippen MR) is 78.8 cm³/mol. The molecule has 2 aromatic rings. The molecular weight excluding hydrogens is 278 g/mol. The number of aryl methyl sites for hydroxylation is 1. The van der Waals surface area contributed by atoms with E-state index in [0.717, 1.165) is 10.9 Å². The average Bonchev–Trinajstić information content (AvgIpc) is 2.79. The van der Waals surface area contributed by atoms with E-state index in [1.807, 2.05) is 29.0 Å². The van der Waals surface area contributed by atoms with Crippen molar-refractivity contribution in [2.75, 3.05) is 12.0 Å². The predicted octanol–water partition coefficient (Wildman–Crippen LogP) is 1.17. The second kappa shape index (κ2) is 5.54. The molecule has 0 unspecified atom stereocenters. The second-order valence-electron chi connectivity index (χ2n) is 4.75. The van der Waals surface area contributed by atoms with Crippen LogP contribution in [-0.2, 0) is 16.4 Å². The first-order valence-electron chi connectivity index (χ1n) is 6.15. The number of rotatable bonds is 5. The fraction of sp³-hybridized carbons (Fsp3) is 0.308. The van der Waals surface area contributed by atoms with E-state index < -0.39 is 9.84 Å². The molecule has 0 saturated carbocycles. The van der Waals surface area contributed by atoms with Gasteiger partial charge in [0.1, 0.15) is 9.84 Å². The van der Waals surface area contributed by atoms with Crippen LogP contribution in [0.1, 0.15) is 12.0 Å². The van der Waals surface area contributed by atoms with Gasteiger partial charge >= 0.3 is 0 Å². The van der Waals surface area contributed by atoms with E-state index in [1.165, 1.54) is 6.26 Å². The van der Waals surface area contributed by atoms with Crippen LogP contribution in [0.5, 0.6) is 0 Å². The number of aromatic nitrogens is 1. The van der Waals surface area contributed by atoms with Gasteiger partial charge in [0.25, 0.3) is 0 Å². The largest absolute Gasteiger partial charge is 0.409 e.